The van der Waals surface area contributed by atoms with Gasteiger partial charge in [0.15, 0.2) is 6.40 Å². The van der Waals surface area contributed by atoms with Gasteiger partial charge in [-0.2, -0.15) is 0 Å². The smallest absolute Gasteiger partial charge is 0.221 e. The number of aromatic nitrogens is 1. The van der Waals surface area contributed by atoms with Gasteiger partial charge >= 0.3 is 0 Å². The molecule has 9 heteroatoms. The third-order valence-corrected chi connectivity index (χ3v) is 6.85. The van der Waals surface area contributed by atoms with Gasteiger partial charge in [0, 0.05) is 54.4 Å². The molecule has 2 heterocycles. The third-order valence-electron chi connectivity index (χ3n) is 3.92. The highest BCUT2D eigenvalue weighted by atomic mass is 127. The molecule has 2 N–H and O–H groups in total. The van der Waals surface area contributed by atoms with Crippen LogP contribution in [0.4, 0.5) is 4.39 Å². The molecule has 0 amide bonds. The highest BCUT2D eigenvalue weighted by molar-refractivity contribution is 14.2. The predicted octanol–water partition coefficient (Wildman–Crippen LogP) is 4.99. The molecular weight excluding hydrogens is 462 g/mol. The molecule has 1 saturated heterocycles. The van der Waals surface area contributed by atoms with Crippen molar-refractivity contribution in [3.8, 4) is 0 Å². The Kier molecular flexibility index (Phi) is 5.73. The van der Waals surface area contributed by atoms with Crippen LogP contribution >= 0.6 is 42.3 Å². The SMILES string of the molecule is Cc1cc(F)c2c(cc(SN3CCCC3)n2SI)c1C(=N)OC=N. The summed E-state index contributed by atoms with van der Waals surface area (Å²) in [7, 11) is 1.41. The van der Waals surface area contributed by atoms with Gasteiger partial charge in [-0.1, -0.05) is 0 Å². The zero-order valence-electron chi connectivity index (χ0n) is 12.9. The van der Waals surface area contributed by atoms with Crippen molar-refractivity contribution < 1.29 is 9.13 Å². The molecule has 1 aliphatic heterocycles. The molecule has 24 heavy (non-hydrogen) atoms. The van der Waals surface area contributed by atoms with Crippen molar-refractivity contribution in [2.45, 2.75) is 24.8 Å². The summed E-state index contributed by atoms with van der Waals surface area (Å²) < 4.78 is 23.7. The fourth-order valence-corrected chi connectivity index (χ4v) is 6.15. The molecule has 0 radical (unpaired) electrons. The Bertz CT molecular complexity index is 805. The van der Waals surface area contributed by atoms with Crippen LogP contribution in [0.15, 0.2) is 17.2 Å². The van der Waals surface area contributed by atoms with Gasteiger partial charge in [-0.3, -0.25) is 14.8 Å². The van der Waals surface area contributed by atoms with Gasteiger partial charge in [0.2, 0.25) is 5.90 Å². The zero-order valence-corrected chi connectivity index (χ0v) is 16.7. The van der Waals surface area contributed by atoms with Crippen molar-refractivity contribution in [1.29, 1.82) is 10.8 Å². The van der Waals surface area contributed by atoms with Crippen molar-refractivity contribution in [3.63, 3.8) is 0 Å². The van der Waals surface area contributed by atoms with E-state index in [9.17, 15) is 4.39 Å². The van der Waals surface area contributed by atoms with Gasteiger partial charge in [-0.05, 0) is 49.4 Å². The molecule has 0 spiro atoms. The van der Waals surface area contributed by atoms with E-state index >= 15 is 0 Å². The number of hydrogen-bond acceptors (Lipinski definition) is 6. The molecule has 1 aromatic heterocycles. The van der Waals surface area contributed by atoms with Crippen LogP contribution in [0, 0.1) is 23.6 Å². The summed E-state index contributed by atoms with van der Waals surface area (Å²) in [4.78, 5) is 0. The second-order valence-corrected chi connectivity index (χ2v) is 8.25. The van der Waals surface area contributed by atoms with Gasteiger partial charge in [0.1, 0.15) is 10.8 Å². The molecule has 0 unspecified atom stereocenters. The normalized spacial score (nSPS) is 15.1. The molecule has 1 fully saturated rings. The zero-order chi connectivity index (χ0) is 17.3. The van der Waals surface area contributed by atoms with E-state index in [1.807, 2.05) is 10.0 Å². The molecule has 1 aliphatic rings. The predicted molar refractivity (Wildman–Crippen MR) is 107 cm³/mol. The standard InChI is InChI=1S/C15H16FIN4OS2/c1-9-6-11(16)14-10(13(9)15(19)22-8-18)7-12(21(14)24-17)23-20-4-2-3-5-20/h6-8,18-19H,2-5H2,1H3. The monoisotopic (exact) mass is 478 g/mol. The van der Waals surface area contributed by atoms with Gasteiger partial charge in [-0.25, -0.2) is 8.70 Å². The average Bonchev–Trinajstić information content (AvgIpc) is 3.15. The fraction of sp³-hybridized carbons (Fsp3) is 0.333. The van der Waals surface area contributed by atoms with E-state index in [0.29, 0.717) is 22.0 Å². The molecule has 0 saturated carbocycles. The largest absolute Gasteiger partial charge is 0.428 e. The van der Waals surface area contributed by atoms with Gasteiger partial charge in [0.25, 0.3) is 0 Å². The van der Waals surface area contributed by atoms with Crippen LogP contribution in [0.5, 0.6) is 0 Å². The minimum atomic E-state index is -0.314. The first-order valence-corrected chi connectivity index (χ1v) is 11.5. The maximum absolute atomic E-state index is 14.6. The molecular formula is C15H16FIN4OS2. The summed E-state index contributed by atoms with van der Waals surface area (Å²) in [6.45, 7) is 3.81. The second-order valence-electron chi connectivity index (χ2n) is 5.45. The van der Waals surface area contributed by atoms with Crippen LogP contribution in [-0.2, 0) is 4.74 Å². The number of halogens is 2. The first kappa shape index (κ1) is 18.0. The maximum Gasteiger partial charge on any atom is 0.221 e. The van der Waals surface area contributed by atoms with E-state index in [1.165, 1.54) is 28.0 Å². The molecule has 0 bridgehead atoms. The number of fused-ring (bicyclic) bond motifs is 1. The quantitative estimate of drug-likeness (QED) is 0.275. The van der Waals surface area contributed by atoms with Gasteiger partial charge in [0.05, 0.1) is 5.52 Å². The Hall–Kier alpha value is -0.780. The number of hydrogen-bond donors (Lipinski definition) is 2. The number of ether oxygens (including phenoxy) is 1. The van der Waals surface area contributed by atoms with Crippen molar-refractivity contribution in [2.75, 3.05) is 13.1 Å². The van der Waals surface area contributed by atoms with Gasteiger partial charge in [-0.15, -0.1) is 0 Å². The molecule has 3 rings (SSSR count). The molecule has 1 aromatic carbocycles. The second kappa shape index (κ2) is 7.63. The van der Waals surface area contributed by atoms with Crippen molar-refractivity contribution in [2.24, 2.45) is 0 Å². The van der Waals surface area contributed by atoms with E-state index in [-0.39, 0.29) is 11.7 Å². The van der Waals surface area contributed by atoms with E-state index in [4.69, 9.17) is 15.6 Å². The van der Waals surface area contributed by atoms with E-state index < -0.39 is 0 Å². The number of nitrogens with one attached hydrogen (secondary N) is 2. The Balaban J connectivity index is 2.16. The average molecular weight is 478 g/mol. The minimum Gasteiger partial charge on any atom is -0.428 e. The van der Waals surface area contributed by atoms with Crippen LogP contribution in [0.2, 0.25) is 0 Å². The Labute approximate surface area is 160 Å². The van der Waals surface area contributed by atoms with E-state index in [0.717, 1.165) is 24.5 Å². The molecule has 128 valence electrons. The van der Waals surface area contributed by atoms with Gasteiger partial charge < -0.3 is 4.74 Å². The summed E-state index contributed by atoms with van der Waals surface area (Å²) in [6.07, 6.45) is 3.09. The summed E-state index contributed by atoms with van der Waals surface area (Å²) in [5.74, 6) is -0.452. The summed E-state index contributed by atoms with van der Waals surface area (Å²) in [5.41, 5.74) is 1.61. The van der Waals surface area contributed by atoms with Crippen molar-refractivity contribution in [1.82, 2.24) is 8.28 Å². The number of benzene rings is 1. The molecule has 0 atom stereocenters. The number of nitrogens with zero attached hydrogens (tertiary/aromatic N) is 2. The van der Waals surface area contributed by atoms with Crippen LogP contribution in [0.3, 0.4) is 0 Å². The first-order chi connectivity index (χ1) is 11.6. The topological polar surface area (TPSA) is 65.1 Å². The van der Waals surface area contributed by atoms with Crippen LogP contribution in [0.25, 0.3) is 10.9 Å². The minimum absolute atomic E-state index is 0.138. The summed E-state index contributed by atoms with van der Waals surface area (Å²) in [6, 6.07) is 3.34. The first-order valence-electron chi connectivity index (χ1n) is 7.38. The third kappa shape index (κ3) is 3.31. The lowest BCUT2D eigenvalue weighted by Crippen LogP contribution is -2.09. The van der Waals surface area contributed by atoms with Crippen LogP contribution < -0.4 is 0 Å². The lowest BCUT2D eigenvalue weighted by atomic mass is 10.0. The summed E-state index contributed by atoms with van der Waals surface area (Å²) >= 11 is 3.77. The van der Waals surface area contributed by atoms with Crippen molar-refractivity contribution in [3.05, 3.63) is 29.1 Å². The lowest BCUT2D eigenvalue weighted by Gasteiger charge is -2.14. The Morgan fingerprint density at radius 3 is 2.71 bits per heavy atom. The van der Waals surface area contributed by atoms with Crippen molar-refractivity contribution >= 4 is 65.5 Å². The molecule has 0 aliphatic carbocycles. The Morgan fingerprint density at radius 2 is 2.08 bits per heavy atom. The maximum atomic E-state index is 14.6. The summed E-state index contributed by atoms with van der Waals surface area (Å²) in [5, 5.41) is 16.7. The van der Waals surface area contributed by atoms with Crippen LogP contribution in [-0.4, -0.2) is 33.7 Å². The molecule has 5 nitrogen and oxygen atoms in total. The van der Waals surface area contributed by atoms with E-state index in [2.05, 4.69) is 25.5 Å². The molecule has 2 aromatic rings. The van der Waals surface area contributed by atoms with E-state index in [1.54, 1.807) is 18.9 Å². The fourth-order valence-electron chi connectivity index (χ4n) is 2.89. The lowest BCUT2D eigenvalue weighted by molar-refractivity contribution is 0.561. The Morgan fingerprint density at radius 1 is 1.38 bits per heavy atom. The van der Waals surface area contributed by atoms with Crippen LogP contribution in [0.1, 0.15) is 24.0 Å². The number of aryl methyl sites for hydroxylation is 1. The highest BCUT2D eigenvalue weighted by Gasteiger charge is 2.23. The highest BCUT2D eigenvalue weighted by Crippen LogP contribution is 2.39. The number of rotatable bonds is 5.